The van der Waals surface area contributed by atoms with Crippen molar-refractivity contribution in [1.29, 1.82) is 0 Å². The maximum absolute atomic E-state index is 13.1. The second kappa shape index (κ2) is 9.35. The summed E-state index contributed by atoms with van der Waals surface area (Å²) in [4.78, 5) is 33.7. The van der Waals surface area contributed by atoms with Gasteiger partial charge in [-0.25, -0.2) is 0 Å². The van der Waals surface area contributed by atoms with Gasteiger partial charge in [0.15, 0.2) is 0 Å². The number of benzene rings is 1. The highest BCUT2D eigenvalue weighted by atomic mass is 16.6. The molecule has 1 heterocycles. The number of nitrogens with zero attached hydrogens (tertiary/aromatic N) is 3. The Morgan fingerprint density at radius 1 is 1.07 bits per heavy atom. The van der Waals surface area contributed by atoms with Crippen LogP contribution in [0.15, 0.2) is 24.3 Å². The first-order valence-electron chi connectivity index (χ1n) is 9.97. The highest BCUT2D eigenvalue weighted by Gasteiger charge is 2.23. The van der Waals surface area contributed by atoms with Gasteiger partial charge in [0, 0.05) is 24.2 Å². The van der Waals surface area contributed by atoms with Gasteiger partial charge in [-0.15, -0.1) is 0 Å². The minimum absolute atomic E-state index is 0.0525. The van der Waals surface area contributed by atoms with E-state index in [2.05, 4.69) is 4.98 Å². The minimum Gasteiger partial charge on any atom is -0.459 e. The molecular weight excluding hydrogens is 366 g/mol. The number of aromatic nitrogens is 1. The van der Waals surface area contributed by atoms with E-state index in [4.69, 9.17) is 4.74 Å². The fourth-order valence-corrected chi connectivity index (χ4v) is 3.24. The van der Waals surface area contributed by atoms with Crippen LogP contribution in [-0.4, -0.2) is 66.0 Å². The predicted octanol–water partition coefficient (Wildman–Crippen LogP) is 3.13. The van der Waals surface area contributed by atoms with E-state index in [0.717, 1.165) is 27.7 Å². The highest BCUT2D eigenvalue weighted by molar-refractivity contribution is 5.88. The van der Waals surface area contributed by atoms with E-state index in [9.17, 15) is 9.59 Å². The number of carbonyl (C=O) groups is 2. The summed E-state index contributed by atoms with van der Waals surface area (Å²) in [7, 11) is 3.88. The molecule has 0 spiro atoms. The molecular formula is C23H33N3O3. The number of rotatable bonds is 7. The van der Waals surface area contributed by atoms with Crippen molar-refractivity contribution in [3.05, 3.63) is 41.1 Å². The van der Waals surface area contributed by atoms with Gasteiger partial charge < -0.3 is 14.5 Å². The molecule has 2 aromatic rings. The maximum atomic E-state index is 13.1. The average molecular weight is 400 g/mol. The molecule has 0 fully saturated rings. The molecule has 1 amide bonds. The Morgan fingerprint density at radius 3 is 2.34 bits per heavy atom. The number of ether oxygens (including phenoxy) is 1. The molecule has 0 saturated carbocycles. The van der Waals surface area contributed by atoms with Crippen molar-refractivity contribution in [2.45, 2.75) is 46.6 Å². The minimum atomic E-state index is -0.581. The fourth-order valence-electron chi connectivity index (χ4n) is 3.24. The molecule has 158 valence electrons. The second-order valence-corrected chi connectivity index (χ2v) is 8.70. The number of aryl methyl sites for hydroxylation is 2. The van der Waals surface area contributed by atoms with Gasteiger partial charge in [-0.2, -0.15) is 0 Å². The number of para-hydroxylation sites is 1. The van der Waals surface area contributed by atoms with E-state index >= 15 is 0 Å². The first-order chi connectivity index (χ1) is 13.5. The zero-order chi connectivity index (χ0) is 21.8. The van der Waals surface area contributed by atoms with E-state index < -0.39 is 11.6 Å². The smallest absolute Gasteiger partial charge is 0.326 e. The van der Waals surface area contributed by atoms with Crippen LogP contribution in [-0.2, 0) is 20.7 Å². The number of hydrogen-bond donors (Lipinski definition) is 0. The Balaban J connectivity index is 2.24. The van der Waals surface area contributed by atoms with Crippen molar-refractivity contribution in [3.8, 4) is 0 Å². The monoisotopic (exact) mass is 399 g/mol. The van der Waals surface area contributed by atoms with Crippen molar-refractivity contribution in [2.75, 3.05) is 33.7 Å². The molecule has 0 aliphatic carbocycles. The van der Waals surface area contributed by atoms with Crippen LogP contribution in [0, 0.1) is 13.8 Å². The molecule has 6 heteroatoms. The van der Waals surface area contributed by atoms with Crippen molar-refractivity contribution < 1.29 is 14.3 Å². The van der Waals surface area contributed by atoms with Crippen molar-refractivity contribution in [3.63, 3.8) is 0 Å². The molecule has 0 aliphatic rings. The Kier molecular flexibility index (Phi) is 7.36. The third-order valence-corrected chi connectivity index (χ3v) is 4.72. The van der Waals surface area contributed by atoms with Gasteiger partial charge in [0.2, 0.25) is 5.91 Å². The predicted molar refractivity (Wildman–Crippen MR) is 116 cm³/mol. The van der Waals surface area contributed by atoms with Gasteiger partial charge >= 0.3 is 5.97 Å². The first-order valence-corrected chi connectivity index (χ1v) is 9.97. The summed E-state index contributed by atoms with van der Waals surface area (Å²) in [5.74, 6) is -0.490. The summed E-state index contributed by atoms with van der Waals surface area (Å²) in [6, 6.07) is 7.94. The standard InChI is InChI=1S/C23H33N3O3/c1-16-18-10-8-9-11-20(18)24-17(2)19(16)14-21(27)26(13-12-25(6)7)15-22(28)29-23(3,4)5/h8-11H,12-15H2,1-7H3. The largest absolute Gasteiger partial charge is 0.459 e. The average Bonchev–Trinajstić information content (AvgIpc) is 2.60. The van der Waals surface area contributed by atoms with Gasteiger partial charge in [0.05, 0.1) is 11.9 Å². The molecule has 0 saturated heterocycles. The van der Waals surface area contributed by atoms with E-state index in [1.54, 1.807) is 4.90 Å². The zero-order valence-electron chi connectivity index (χ0n) is 18.7. The van der Waals surface area contributed by atoms with E-state index in [0.29, 0.717) is 13.1 Å². The molecule has 0 bridgehead atoms. The molecule has 0 radical (unpaired) electrons. The molecule has 0 N–H and O–H groups in total. The lowest BCUT2D eigenvalue weighted by Gasteiger charge is -2.26. The lowest BCUT2D eigenvalue weighted by molar-refractivity contribution is -0.158. The molecule has 29 heavy (non-hydrogen) atoms. The number of esters is 1. The van der Waals surface area contributed by atoms with Gasteiger partial charge in [-0.3, -0.25) is 14.6 Å². The number of carbonyl (C=O) groups excluding carboxylic acids is 2. The third kappa shape index (κ3) is 6.53. The number of likely N-dealkylation sites (N-methyl/N-ethyl adjacent to an activating group) is 1. The lowest BCUT2D eigenvalue weighted by Crippen LogP contribution is -2.42. The van der Waals surface area contributed by atoms with Crippen molar-refractivity contribution in [2.24, 2.45) is 0 Å². The van der Waals surface area contributed by atoms with Crippen LogP contribution >= 0.6 is 0 Å². The highest BCUT2D eigenvalue weighted by Crippen LogP contribution is 2.23. The summed E-state index contributed by atoms with van der Waals surface area (Å²) in [6.45, 7) is 10.5. The Morgan fingerprint density at radius 2 is 1.72 bits per heavy atom. The summed E-state index contributed by atoms with van der Waals surface area (Å²) < 4.78 is 5.42. The third-order valence-electron chi connectivity index (χ3n) is 4.72. The van der Waals surface area contributed by atoms with Crippen molar-refractivity contribution >= 4 is 22.8 Å². The van der Waals surface area contributed by atoms with Crippen LogP contribution in [0.1, 0.15) is 37.6 Å². The molecule has 6 nitrogen and oxygen atoms in total. The lowest BCUT2D eigenvalue weighted by atomic mass is 9.99. The molecule has 2 rings (SSSR count). The van der Waals surface area contributed by atoms with Gasteiger partial charge in [-0.1, -0.05) is 18.2 Å². The first kappa shape index (κ1) is 22.8. The van der Waals surface area contributed by atoms with Gasteiger partial charge in [-0.05, 0) is 65.9 Å². The fraction of sp³-hybridized carbons (Fsp3) is 0.522. The van der Waals surface area contributed by atoms with Crippen LogP contribution in [0.3, 0.4) is 0 Å². The van der Waals surface area contributed by atoms with Gasteiger partial charge in [0.1, 0.15) is 12.1 Å². The number of fused-ring (bicyclic) bond motifs is 1. The maximum Gasteiger partial charge on any atom is 0.326 e. The Bertz CT molecular complexity index is 885. The summed E-state index contributed by atoms with van der Waals surface area (Å²) >= 11 is 0. The van der Waals surface area contributed by atoms with Gasteiger partial charge in [0.25, 0.3) is 0 Å². The SMILES string of the molecule is Cc1nc2ccccc2c(C)c1CC(=O)N(CCN(C)C)CC(=O)OC(C)(C)C. The normalized spacial score (nSPS) is 11.7. The van der Waals surface area contributed by atoms with Crippen LogP contribution in [0.2, 0.25) is 0 Å². The van der Waals surface area contributed by atoms with E-state index in [-0.39, 0.29) is 18.9 Å². The van der Waals surface area contributed by atoms with Crippen molar-refractivity contribution in [1.82, 2.24) is 14.8 Å². The summed E-state index contributed by atoms with van der Waals surface area (Å²) in [5, 5.41) is 1.05. The molecule has 1 aromatic carbocycles. The molecule has 1 aromatic heterocycles. The number of amides is 1. The van der Waals surface area contributed by atoms with Crippen LogP contribution in [0.4, 0.5) is 0 Å². The Hall–Kier alpha value is -2.47. The number of hydrogen-bond acceptors (Lipinski definition) is 5. The van der Waals surface area contributed by atoms with Crippen LogP contribution < -0.4 is 0 Å². The quantitative estimate of drug-likeness (QED) is 0.670. The van der Waals surface area contributed by atoms with Crippen LogP contribution in [0.5, 0.6) is 0 Å². The van der Waals surface area contributed by atoms with E-state index in [1.165, 1.54) is 0 Å². The topological polar surface area (TPSA) is 62.7 Å². The zero-order valence-corrected chi connectivity index (χ0v) is 18.7. The number of pyridine rings is 1. The summed E-state index contributed by atoms with van der Waals surface area (Å²) in [6.07, 6.45) is 0.214. The van der Waals surface area contributed by atoms with Crippen LogP contribution in [0.25, 0.3) is 10.9 Å². The van der Waals surface area contributed by atoms with E-state index in [1.807, 2.05) is 77.9 Å². The Labute approximate surface area is 173 Å². The molecule has 0 aliphatic heterocycles. The molecule has 0 unspecified atom stereocenters. The summed E-state index contributed by atoms with van der Waals surface area (Å²) in [5.41, 5.74) is 3.18. The second-order valence-electron chi connectivity index (χ2n) is 8.70. The molecule has 0 atom stereocenters.